The third-order valence-electron chi connectivity index (χ3n) is 5.18. The highest BCUT2D eigenvalue weighted by Gasteiger charge is 2.42. The van der Waals surface area contributed by atoms with Crippen molar-refractivity contribution in [2.75, 3.05) is 32.1 Å². The van der Waals surface area contributed by atoms with E-state index in [0.29, 0.717) is 43.8 Å². The van der Waals surface area contributed by atoms with Crippen LogP contribution in [-0.2, 0) is 4.79 Å². The number of fused-ring (bicyclic) bond motifs is 1. The molecule has 1 fully saturated rings. The molecule has 7 heteroatoms. The number of hydrogen-bond donors (Lipinski definition) is 2. The van der Waals surface area contributed by atoms with Gasteiger partial charge in [-0.3, -0.25) is 14.5 Å². The molecule has 2 aromatic carbocycles. The van der Waals surface area contributed by atoms with Gasteiger partial charge in [-0.15, -0.1) is 0 Å². The van der Waals surface area contributed by atoms with Gasteiger partial charge in [0.05, 0.1) is 19.2 Å². The zero-order valence-corrected chi connectivity index (χ0v) is 15.7. The summed E-state index contributed by atoms with van der Waals surface area (Å²) in [5, 5.41) is 5.91. The Morgan fingerprint density at radius 1 is 1.18 bits per heavy atom. The number of rotatable bonds is 4. The Balaban J connectivity index is 1.32. The van der Waals surface area contributed by atoms with Crippen LogP contribution in [0, 0.1) is 0 Å². The fourth-order valence-electron chi connectivity index (χ4n) is 3.63. The highest BCUT2D eigenvalue weighted by Crippen LogP contribution is 2.33. The van der Waals surface area contributed by atoms with E-state index in [2.05, 4.69) is 15.5 Å². The molecule has 1 saturated heterocycles. The molecule has 2 N–H and O–H groups in total. The van der Waals surface area contributed by atoms with E-state index in [4.69, 9.17) is 9.47 Å². The third kappa shape index (κ3) is 3.80. The van der Waals surface area contributed by atoms with Gasteiger partial charge in [0.25, 0.3) is 5.91 Å². The average molecular weight is 381 g/mol. The van der Waals surface area contributed by atoms with Crippen molar-refractivity contribution in [1.29, 1.82) is 0 Å². The van der Waals surface area contributed by atoms with Gasteiger partial charge in [0, 0.05) is 31.6 Å². The fourth-order valence-corrected chi connectivity index (χ4v) is 3.63. The lowest BCUT2D eigenvalue weighted by molar-refractivity contribution is -0.118. The Bertz CT molecular complexity index is 873. The summed E-state index contributed by atoms with van der Waals surface area (Å²) in [6.45, 7) is 1.63. The van der Waals surface area contributed by atoms with Gasteiger partial charge in [-0.2, -0.15) is 0 Å². The molecule has 0 radical (unpaired) electrons. The Hall–Kier alpha value is -3.06. The number of carbonyl (C=O) groups excluding carboxylic acids is 2. The van der Waals surface area contributed by atoms with Crippen LogP contribution in [0.4, 0.5) is 5.69 Å². The molecule has 1 spiro atoms. The molecule has 2 heterocycles. The van der Waals surface area contributed by atoms with Crippen molar-refractivity contribution < 1.29 is 19.1 Å². The number of methoxy groups -OCH3 is 1. The largest absolute Gasteiger partial charge is 0.497 e. The monoisotopic (exact) mass is 381 g/mol. The van der Waals surface area contributed by atoms with Crippen molar-refractivity contribution in [3.63, 3.8) is 0 Å². The van der Waals surface area contributed by atoms with Gasteiger partial charge >= 0.3 is 0 Å². The molecule has 2 aliphatic rings. The van der Waals surface area contributed by atoms with Crippen LogP contribution in [0.5, 0.6) is 11.5 Å². The van der Waals surface area contributed by atoms with E-state index in [0.717, 1.165) is 11.4 Å². The van der Waals surface area contributed by atoms with E-state index in [1.165, 1.54) is 0 Å². The van der Waals surface area contributed by atoms with Crippen molar-refractivity contribution >= 4 is 17.5 Å². The molecular weight excluding hydrogens is 358 g/mol. The Morgan fingerprint density at radius 3 is 2.61 bits per heavy atom. The van der Waals surface area contributed by atoms with Crippen molar-refractivity contribution in [2.24, 2.45) is 0 Å². The molecule has 0 aliphatic carbocycles. The minimum atomic E-state index is -0.686. The van der Waals surface area contributed by atoms with Gasteiger partial charge in [0.15, 0.2) is 5.72 Å². The maximum Gasteiger partial charge on any atom is 0.258 e. The summed E-state index contributed by atoms with van der Waals surface area (Å²) in [5.41, 5.74) is 0.613. The summed E-state index contributed by atoms with van der Waals surface area (Å²) < 4.78 is 11.2. The maximum atomic E-state index is 12.4. The molecule has 0 saturated carbocycles. The number of anilines is 1. The molecule has 0 atom stereocenters. The minimum absolute atomic E-state index is 0.0694. The Labute approximate surface area is 163 Å². The smallest absolute Gasteiger partial charge is 0.258 e. The topological polar surface area (TPSA) is 79.9 Å². The van der Waals surface area contributed by atoms with Crippen LogP contribution in [0.15, 0.2) is 48.5 Å². The van der Waals surface area contributed by atoms with Gasteiger partial charge in [-0.1, -0.05) is 12.1 Å². The first-order valence-electron chi connectivity index (χ1n) is 9.34. The predicted molar refractivity (Wildman–Crippen MR) is 105 cm³/mol. The summed E-state index contributed by atoms with van der Waals surface area (Å²) in [6, 6.07) is 14.5. The van der Waals surface area contributed by atoms with Crippen LogP contribution in [0.25, 0.3) is 0 Å². The van der Waals surface area contributed by atoms with Crippen molar-refractivity contribution in [3.8, 4) is 11.5 Å². The van der Waals surface area contributed by atoms with E-state index < -0.39 is 5.72 Å². The van der Waals surface area contributed by atoms with Crippen LogP contribution in [-0.4, -0.2) is 49.2 Å². The number of nitrogens with one attached hydrogen (secondary N) is 2. The second kappa shape index (κ2) is 7.52. The molecule has 4 rings (SSSR count). The number of nitrogens with zero attached hydrogens (tertiary/aromatic N) is 1. The highest BCUT2D eigenvalue weighted by molar-refractivity contribution is 5.98. The molecule has 2 amide bonds. The van der Waals surface area contributed by atoms with Gasteiger partial charge < -0.3 is 20.1 Å². The molecule has 28 heavy (non-hydrogen) atoms. The van der Waals surface area contributed by atoms with Crippen molar-refractivity contribution in [1.82, 2.24) is 10.2 Å². The fraction of sp³-hybridized carbons (Fsp3) is 0.333. The standard InChI is InChI=1S/C21H23N3O4/c1-27-16-8-6-15(7-9-16)22-19(25)14-24-12-10-21(11-13-24)23-20(26)17-4-2-3-5-18(17)28-21/h2-9H,10-14H2,1H3,(H,22,25)(H,23,26). The number of para-hydroxylation sites is 1. The zero-order chi connectivity index (χ0) is 19.6. The van der Waals surface area contributed by atoms with Crippen LogP contribution in [0.3, 0.4) is 0 Å². The first-order valence-corrected chi connectivity index (χ1v) is 9.34. The molecule has 0 unspecified atom stereocenters. The van der Waals surface area contributed by atoms with Gasteiger partial charge in [0.1, 0.15) is 11.5 Å². The third-order valence-corrected chi connectivity index (χ3v) is 5.18. The number of carbonyl (C=O) groups is 2. The predicted octanol–water partition coefficient (Wildman–Crippen LogP) is 2.25. The van der Waals surface area contributed by atoms with Gasteiger partial charge in [-0.25, -0.2) is 0 Å². The molecule has 2 aromatic rings. The van der Waals surface area contributed by atoms with Crippen LogP contribution in [0.1, 0.15) is 23.2 Å². The summed E-state index contributed by atoms with van der Waals surface area (Å²) in [7, 11) is 1.60. The number of amides is 2. The van der Waals surface area contributed by atoms with Gasteiger partial charge in [0.2, 0.25) is 5.91 Å². The number of ether oxygens (including phenoxy) is 2. The summed E-state index contributed by atoms with van der Waals surface area (Å²) in [4.78, 5) is 26.8. The Morgan fingerprint density at radius 2 is 1.89 bits per heavy atom. The van der Waals surface area contributed by atoms with Crippen LogP contribution < -0.4 is 20.1 Å². The Kier molecular flexibility index (Phi) is 4.92. The molecule has 2 aliphatic heterocycles. The first-order chi connectivity index (χ1) is 13.6. The second-order valence-corrected chi connectivity index (χ2v) is 7.10. The normalized spacial score (nSPS) is 18.0. The lowest BCUT2D eigenvalue weighted by Gasteiger charge is -2.44. The van der Waals surface area contributed by atoms with Gasteiger partial charge in [-0.05, 0) is 36.4 Å². The molecule has 0 bridgehead atoms. The zero-order valence-electron chi connectivity index (χ0n) is 15.7. The SMILES string of the molecule is COc1ccc(NC(=O)CN2CCC3(CC2)NC(=O)c2ccccc2O3)cc1. The first kappa shape index (κ1) is 18.3. The molecule has 7 nitrogen and oxygen atoms in total. The van der Waals surface area contributed by atoms with E-state index in [1.807, 2.05) is 30.3 Å². The van der Waals surface area contributed by atoms with Crippen LogP contribution in [0.2, 0.25) is 0 Å². The maximum absolute atomic E-state index is 12.4. The number of hydrogen-bond acceptors (Lipinski definition) is 5. The van der Waals surface area contributed by atoms with E-state index in [-0.39, 0.29) is 11.8 Å². The van der Waals surface area contributed by atoms with E-state index >= 15 is 0 Å². The van der Waals surface area contributed by atoms with Crippen molar-refractivity contribution in [3.05, 3.63) is 54.1 Å². The quantitative estimate of drug-likeness (QED) is 0.849. The average Bonchev–Trinajstić information content (AvgIpc) is 2.70. The minimum Gasteiger partial charge on any atom is -0.497 e. The number of benzene rings is 2. The lowest BCUT2D eigenvalue weighted by atomic mass is 9.97. The van der Waals surface area contributed by atoms with Crippen molar-refractivity contribution in [2.45, 2.75) is 18.6 Å². The second-order valence-electron chi connectivity index (χ2n) is 7.10. The van der Waals surface area contributed by atoms with E-state index in [9.17, 15) is 9.59 Å². The number of piperidine rings is 1. The summed E-state index contributed by atoms with van der Waals surface area (Å²) in [5.74, 6) is 1.19. The number of likely N-dealkylation sites (tertiary alicyclic amines) is 1. The molecule has 0 aromatic heterocycles. The summed E-state index contributed by atoms with van der Waals surface area (Å²) in [6.07, 6.45) is 1.26. The molecular formula is C21H23N3O4. The lowest BCUT2D eigenvalue weighted by Crippen LogP contribution is -2.61. The molecule has 146 valence electrons. The van der Waals surface area contributed by atoms with Crippen LogP contribution >= 0.6 is 0 Å². The highest BCUT2D eigenvalue weighted by atomic mass is 16.5. The summed E-state index contributed by atoms with van der Waals surface area (Å²) >= 11 is 0. The van der Waals surface area contributed by atoms with E-state index in [1.54, 1.807) is 25.3 Å².